The fourth-order valence-electron chi connectivity index (χ4n) is 5.40. The molecule has 1 saturated heterocycles. The Morgan fingerprint density at radius 2 is 1.59 bits per heavy atom. The van der Waals surface area contributed by atoms with Gasteiger partial charge in [0, 0.05) is 18.7 Å². The van der Waals surface area contributed by atoms with Crippen molar-refractivity contribution in [3.8, 4) is 5.75 Å². The molecule has 3 aromatic carbocycles. The largest absolute Gasteiger partial charge is 0.489 e. The molecule has 1 aliphatic rings. The number of nitrogens with two attached hydrogens (primary N) is 1. The SMILES string of the molecule is Cc1cc(C(=O)OC(C)(C)C)ccc1CCS(=O)(=O)N1CCC(NC(=O)c2cc(OCc3ccccc3)cc(C(F)(F)F)c2)(C(N)=O)CC1. The van der Waals surface area contributed by atoms with Crippen molar-refractivity contribution in [2.45, 2.75) is 70.9 Å². The maximum Gasteiger partial charge on any atom is 0.416 e. The quantitative estimate of drug-likeness (QED) is 0.262. The van der Waals surface area contributed by atoms with Gasteiger partial charge < -0.3 is 20.5 Å². The lowest BCUT2D eigenvalue weighted by Crippen LogP contribution is -2.62. The number of piperidine rings is 1. The first-order valence-electron chi connectivity index (χ1n) is 15.6. The topological polar surface area (TPSA) is 145 Å². The molecule has 3 aromatic rings. The van der Waals surface area contributed by atoms with E-state index in [4.69, 9.17) is 15.2 Å². The van der Waals surface area contributed by atoms with Crippen molar-refractivity contribution in [3.63, 3.8) is 0 Å². The summed E-state index contributed by atoms with van der Waals surface area (Å²) in [5, 5.41) is 2.50. The number of benzene rings is 3. The number of esters is 1. The lowest BCUT2D eigenvalue weighted by molar-refractivity contribution is -0.137. The van der Waals surface area contributed by atoms with Gasteiger partial charge in [0.25, 0.3) is 5.91 Å². The Hall–Kier alpha value is -4.43. The minimum atomic E-state index is -4.79. The van der Waals surface area contributed by atoms with Crippen molar-refractivity contribution in [2.24, 2.45) is 5.73 Å². The summed E-state index contributed by atoms with van der Waals surface area (Å²) in [6.45, 7) is 6.68. The fraction of sp³-hybridized carbons (Fsp3) is 0.400. The number of rotatable bonds is 11. The smallest absolute Gasteiger partial charge is 0.416 e. The maximum atomic E-state index is 13.7. The summed E-state index contributed by atoms with van der Waals surface area (Å²) in [6.07, 6.45) is -5.01. The van der Waals surface area contributed by atoms with Gasteiger partial charge in [-0.05, 0) is 94.0 Å². The molecule has 0 saturated carbocycles. The number of hydrogen-bond acceptors (Lipinski definition) is 7. The summed E-state index contributed by atoms with van der Waals surface area (Å²) < 4.78 is 80.0. The molecule has 1 fully saturated rings. The van der Waals surface area contributed by atoms with Crippen LogP contribution in [0.15, 0.2) is 66.7 Å². The molecule has 4 rings (SSSR count). The van der Waals surface area contributed by atoms with Crippen molar-refractivity contribution in [3.05, 3.63) is 100 Å². The van der Waals surface area contributed by atoms with Crippen LogP contribution in [0.5, 0.6) is 5.75 Å². The molecule has 0 spiro atoms. The van der Waals surface area contributed by atoms with Crippen LogP contribution in [-0.4, -0.2) is 60.5 Å². The number of amides is 2. The van der Waals surface area contributed by atoms with Crippen molar-refractivity contribution < 1.29 is 45.4 Å². The number of alkyl halides is 3. The van der Waals surface area contributed by atoms with E-state index in [0.29, 0.717) is 17.2 Å². The molecule has 0 aliphatic carbocycles. The van der Waals surface area contributed by atoms with Crippen LogP contribution in [-0.2, 0) is 38.8 Å². The van der Waals surface area contributed by atoms with E-state index < -0.39 is 56.3 Å². The first-order chi connectivity index (χ1) is 22.8. The fourth-order valence-corrected chi connectivity index (χ4v) is 6.87. The highest BCUT2D eigenvalue weighted by Gasteiger charge is 2.44. The number of carbonyl (C=O) groups excluding carboxylic acids is 3. The van der Waals surface area contributed by atoms with E-state index in [1.165, 1.54) is 4.31 Å². The van der Waals surface area contributed by atoms with Crippen LogP contribution in [0.3, 0.4) is 0 Å². The summed E-state index contributed by atoms with van der Waals surface area (Å²) in [6, 6.07) is 16.2. The second-order valence-corrected chi connectivity index (χ2v) is 15.1. The zero-order valence-corrected chi connectivity index (χ0v) is 28.5. The van der Waals surface area contributed by atoms with Crippen LogP contribution in [0.4, 0.5) is 13.2 Å². The number of aryl methyl sites for hydroxylation is 2. The van der Waals surface area contributed by atoms with Gasteiger partial charge in [0.15, 0.2) is 0 Å². The molecule has 49 heavy (non-hydrogen) atoms. The van der Waals surface area contributed by atoms with Crippen LogP contribution in [0, 0.1) is 6.92 Å². The van der Waals surface area contributed by atoms with Crippen LogP contribution in [0.25, 0.3) is 0 Å². The minimum absolute atomic E-state index is 0.0459. The Bertz CT molecular complexity index is 1800. The van der Waals surface area contributed by atoms with Gasteiger partial charge >= 0.3 is 12.1 Å². The second-order valence-electron chi connectivity index (χ2n) is 13.0. The summed E-state index contributed by atoms with van der Waals surface area (Å²) in [4.78, 5) is 38.4. The van der Waals surface area contributed by atoms with Gasteiger partial charge in [-0.3, -0.25) is 9.59 Å². The van der Waals surface area contributed by atoms with Gasteiger partial charge in [-0.2, -0.15) is 13.2 Å². The third kappa shape index (κ3) is 9.82. The molecular weight excluding hydrogens is 663 g/mol. The predicted molar refractivity (Wildman–Crippen MR) is 176 cm³/mol. The molecular formula is C35H40F3N3O7S. The Kier molecular flexibility index (Phi) is 11.1. The number of hydrogen-bond donors (Lipinski definition) is 2. The molecule has 0 unspecified atom stereocenters. The second kappa shape index (κ2) is 14.6. The summed E-state index contributed by atoms with van der Waals surface area (Å²) in [5.41, 5.74) is 4.29. The Morgan fingerprint density at radius 3 is 2.16 bits per heavy atom. The molecule has 1 aliphatic heterocycles. The number of sulfonamides is 1. The number of carbonyl (C=O) groups is 3. The summed E-state index contributed by atoms with van der Waals surface area (Å²) in [7, 11) is -3.83. The summed E-state index contributed by atoms with van der Waals surface area (Å²) in [5.74, 6) is -2.88. The van der Waals surface area contributed by atoms with E-state index in [2.05, 4.69) is 5.32 Å². The molecule has 10 nitrogen and oxygen atoms in total. The number of halogens is 3. The van der Waals surface area contributed by atoms with E-state index in [1.807, 2.05) is 0 Å². The van der Waals surface area contributed by atoms with Crippen LogP contribution >= 0.6 is 0 Å². The highest BCUT2D eigenvalue weighted by Crippen LogP contribution is 2.34. The normalized spacial score (nSPS) is 15.3. The number of primary amides is 1. The van der Waals surface area contributed by atoms with E-state index in [9.17, 15) is 36.0 Å². The summed E-state index contributed by atoms with van der Waals surface area (Å²) >= 11 is 0. The van der Waals surface area contributed by atoms with Crippen molar-refractivity contribution in [2.75, 3.05) is 18.8 Å². The highest BCUT2D eigenvalue weighted by atomic mass is 32.2. The monoisotopic (exact) mass is 703 g/mol. The molecule has 1 heterocycles. The lowest BCUT2D eigenvalue weighted by atomic mass is 9.87. The van der Waals surface area contributed by atoms with Gasteiger partial charge in [0.2, 0.25) is 15.9 Å². The maximum absolute atomic E-state index is 13.7. The third-order valence-corrected chi connectivity index (χ3v) is 10.0. The van der Waals surface area contributed by atoms with Gasteiger partial charge in [0.1, 0.15) is 23.5 Å². The molecule has 0 atom stereocenters. The number of nitrogens with zero attached hydrogens (tertiary/aromatic N) is 1. The first-order valence-corrected chi connectivity index (χ1v) is 17.2. The van der Waals surface area contributed by atoms with Crippen molar-refractivity contribution >= 4 is 27.8 Å². The average Bonchev–Trinajstić information content (AvgIpc) is 3.02. The zero-order valence-electron chi connectivity index (χ0n) is 27.7. The first kappa shape index (κ1) is 37.4. The van der Waals surface area contributed by atoms with E-state index >= 15 is 0 Å². The van der Waals surface area contributed by atoms with Crippen LogP contribution < -0.4 is 15.8 Å². The zero-order chi connectivity index (χ0) is 36.2. The van der Waals surface area contributed by atoms with E-state index in [1.54, 1.807) is 76.2 Å². The molecule has 14 heteroatoms. The van der Waals surface area contributed by atoms with Gasteiger partial charge in [-0.1, -0.05) is 36.4 Å². The number of ether oxygens (including phenoxy) is 2. The van der Waals surface area contributed by atoms with Crippen LogP contribution in [0.2, 0.25) is 0 Å². The highest BCUT2D eigenvalue weighted by molar-refractivity contribution is 7.89. The van der Waals surface area contributed by atoms with Crippen molar-refractivity contribution in [1.82, 2.24) is 9.62 Å². The Labute approximate surface area is 283 Å². The third-order valence-electron chi connectivity index (χ3n) is 8.14. The van der Waals surface area contributed by atoms with Crippen LogP contribution in [0.1, 0.15) is 76.6 Å². The standard InChI is InChI=1S/C35H40F3N3O7S/c1-23-18-26(31(43)48-33(2,3)4)11-10-25(23)12-17-49(45,46)41-15-13-34(14-16-41,32(39)44)40-30(42)27-19-28(35(36,37)38)21-29(20-27)47-22-24-8-6-5-7-9-24/h5-11,18-21H,12-17,22H2,1-4H3,(H2,39,44)(H,40,42). The van der Waals surface area contributed by atoms with E-state index in [-0.39, 0.29) is 50.5 Å². The van der Waals surface area contributed by atoms with Gasteiger partial charge in [-0.15, -0.1) is 0 Å². The lowest BCUT2D eigenvalue weighted by Gasteiger charge is -2.39. The Morgan fingerprint density at radius 1 is 0.939 bits per heavy atom. The van der Waals surface area contributed by atoms with E-state index in [0.717, 1.165) is 23.3 Å². The average molecular weight is 704 g/mol. The number of nitrogens with one attached hydrogen (secondary N) is 1. The molecule has 0 radical (unpaired) electrons. The molecule has 0 bridgehead atoms. The van der Waals surface area contributed by atoms with Crippen molar-refractivity contribution in [1.29, 1.82) is 0 Å². The predicted octanol–water partition coefficient (Wildman–Crippen LogP) is 5.17. The molecule has 2 amide bonds. The minimum Gasteiger partial charge on any atom is -0.489 e. The molecule has 264 valence electrons. The molecule has 3 N–H and O–H groups in total. The van der Waals surface area contributed by atoms with Gasteiger partial charge in [0.05, 0.1) is 16.9 Å². The van der Waals surface area contributed by atoms with Gasteiger partial charge in [-0.25, -0.2) is 17.5 Å². The molecule has 0 aromatic heterocycles. The Balaban J connectivity index is 1.43.